The second kappa shape index (κ2) is 6.69. The van der Waals surface area contributed by atoms with Gasteiger partial charge in [-0.15, -0.1) is 11.3 Å². The van der Waals surface area contributed by atoms with Gasteiger partial charge in [-0.1, -0.05) is 12.1 Å². The molecule has 3 rings (SSSR count). The molecule has 0 saturated heterocycles. The van der Waals surface area contributed by atoms with E-state index >= 15 is 0 Å². The van der Waals surface area contributed by atoms with Crippen LogP contribution >= 0.6 is 22.9 Å². The van der Waals surface area contributed by atoms with Gasteiger partial charge >= 0.3 is 0 Å². The zero-order valence-electron chi connectivity index (χ0n) is 12.2. The lowest BCUT2D eigenvalue weighted by molar-refractivity contribution is 0.102. The Balaban J connectivity index is 1.67. The SMILES string of the molecule is Cc1nscc1C(=O)Nc1ncc(Cc2ccc(C#N)cc2)s1. The Labute approximate surface area is 141 Å². The molecule has 1 N–H and O–H groups in total. The smallest absolute Gasteiger partial charge is 0.260 e. The molecule has 0 radical (unpaired) electrons. The zero-order valence-corrected chi connectivity index (χ0v) is 13.9. The molecule has 1 amide bonds. The first-order valence-corrected chi connectivity index (χ1v) is 8.47. The summed E-state index contributed by atoms with van der Waals surface area (Å²) in [5, 5.41) is 13.9. The van der Waals surface area contributed by atoms with Crippen molar-refractivity contribution in [2.75, 3.05) is 5.32 Å². The number of hydrogen-bond donors (Lipinski definition) is 1. The standard InChI is InChI=1S/C16H12N4OS2/c1-10-14(9-22-20-10)15(21)19-16-18-8-13(23-16)6-11-2-4-12(7-17)5-3-11/h2-5,8-9H,6H2,1H3,(H,18,19,21). The van der Waals surface area contributed by atoms with Crippen LogP contribution in [-0.2, 0) is 6.42 Å². The van der Waals surface area contributed by atoms with Crippen molar-refractivity contribution in [3.63, 3.8) is 0 Å². The summed E-state index contributed by atoms with van der Waals surface area (Å²) >= 11 is 2.71. The van der Waals surface area contributed by atoms with Gasteiger partial charge in [0.15, 0.2) is 5.13 Å². The van der Waals surface area contributed by atoms with Gasteiger partial charge in [-0.25, -0.2) is 4.98 Å². The maximum absolute atomic E-state index is 12.1. The van der Waals surface area contributed by atoms with Crippen molar-refractivity contribution in [3.05, 3.63) is 63.1 Å². The first-order chi connectivity index (χ1) is 11.2. The van der Waals surface area contributed by atoms with Crippen LogP contribution in [0.2, 0.25) is 0 Å². The molecule has 0 spiro atoms. The van der Waals surface area contributed by atoms with E-state index in [1.807, 2.05) is 19.1 Å². The van der Waals surface area contributed by atoms with Gasteiger partial charge in [-0.3, -0.25) is 10.1 Å². The number of carbonyl (C=O) groups is 1. The van der Waals surface area contributed by atoms with Crippen molar-refractivity contribution in [2.24, 2.45) is 0 Å². The van der Waals surface area contributed by atoms with Crippen LogP contribution in [-0.4, -0.2) is 15.3 Å². The van der Waals surface area contributed by atoms with E-state index in [1.165, 1.54) is 22.9 Å². The monoisotopic (exact) mass is 340 g/mol. The average Bonchev–Trinajstić information content (AvgIpc) is 3.17. The lowest BCUT2D eigenvalue weighted by Gasteiger charge is -2.00. The Morgan fingerprint density at radius 3 is 2.78 bits per heavy atom. The van der Waals surface area contributed by atoms with Crippen LogP contribution in [0.25, 0.3) is 0 Å². The summed E-state index contributed by atoms with van der Waals surface area (Å²) in [6.07, 6.45) is 2.48. The summed E-state index contributed by atoms with van der Waals surface area (Å²) in [5.41, 5.74) is 3.05. The normalized spacial score (nSPS) is 10.3. The third-order valence-electron chi connectivity index (χ3n) is 3.23. The predicted octanol–water partition coefficient (Wildman–Crippen LogP) is 3.62. The molecule has 5 nitrogen and oxygen atoms in total. The second-order valence-electron chi connectivity index (χ2n) is 4.88. The van der Waals surface area contributed by atoms with Gasteiger partial charge in [-0.05, 0) is 36.2 Å². The van der Waals surface area contributed by atoms with E-state index in [-0.39, 0.29) is 5.91 Å². The van der Waals surface area contributed by atoms with E-state index in [0.29, 0.717) is 16.3 Å². The fourth-order valence-corrected chi connectivity index (χ4v) is 3.55. The topological polar surface area (TPSA) is 78.7 Å². The fourth-order valence-electron chi connectivity index (χ4n) is 2.02. The highest BCUT2D eigenvalue weighted by molar-refractivity contribution is 7.15. The average molecular weight is 340 g/mol. The van der Waals surface area contributed by atoms with Crippen molar-refractivity contribution < 1.29 is 4.79 Å². The molecule has 0 aliphatic heterocycles. The van der Waals surface area contributed by atoms with Gasteiger partial charge in [0.1, 0.15) is 0 Å². The van der Waals surface area contributed by atoms with E-state index < -0.39 is 0 Å². The van der Waals surface area contributed by atoms with E-state index in [0.717, 1.165) is 22.6 Å². The molecular weight excluding hydrogens is 328 g/mol. The Hall–Kier alpha value is -2.56. The number of aromatic nitrogens is 2. The first kappa shape index (κ1) is 15.3. The summed E-state index contributed by atoms with van der Waals surface area (Å²) in [4.78, 5) is 17.4. The van der Waals surface area contributed by atoms with Crippen molar-refractivity contribution in [3.8, 4) is 6.07 Å². The number of amides is 1. The summed E-state index contributed by atoms with van der Waals surface area (Å²) in [6, 6.07) is 9.55. The van der Waals surface area contributed by atoms with Crippen LogP contribution in [0.5, 0.6) is 0 Å². The number of benzene rings is 1. The highest BCUT2D eigenvalue weighted by Crippen LogP contribution is 2.22. The quantitative estimate of drug-likeness (QED) is 0.787. The van der Waals surface area contributed by atoms with E-state index in [9.17, 15) is 4.79 Å². The number of anilines is 1. The Bertz CT molecular complexity index is 874. The molecule has 0 atom stereocenters. The van der Waals surface area contributed by atoms with Crippen LogP contribution in [0, 0.1) is 18.3 Å². The third kappa shape index (κ3) is 3.62. The molecule has 3 aromatic rings. The number of hydrogen-bond acceptors (Lipinski definition) is 6. The molecule has 2 aromatic heterocycles. The number of nitrogens with zero attached hydrogens (tertiary/aromatic N) is 3. The van der Waals surface area contributed by atoms with Crippen LogP contribution in [0.3, 0.4) is 0 Å². The van der Waals surface area contributed by atoms with Gasteiger partial charge < -0.3 is 0 Å². The molecule has 0 saturated carbocycles. The van der Waals surface area contributed by atoms with Crippen LogP contribution in [0.15, 0.2) is 35.8 Å². The molecule has 2 heterocycles. The van der Waals surface area contributed by atoms with Gasteiger partial charge in [0.05, 0.1) is 22.9 Å². The number of carbonyl (C=O) groups excluding carboxylic acids is 1. The number of nitriles is 1. The molecule has 0 fully saturated rings. The van der Waals surface area contributed by atoms with Crippen LogP contribution < -0.4 is 5.32 Å². The molecule has 0 bridgehead atoms. The van der Waals surface area contributed by atoms with Gasteiger partial charge in [0.2, 0.25) is 0 Å². The summed E-state index contributed by atoms with van der Waals surface area (Å²) in [6.45, 7) is 1.81. The number of aryl methyl sites for hydroxylation is 1. The minimum absolute atomic E-state index is 0.185. The molecule has 0 aliphatic rings. The first-order valence-electron chi connectivity index (χ1n) is 6.82. The highest BCUT2D eigenvalue weighted by atomic mass is 32.1. The number of rotatable bonds is 4. The Kier molecular flexibility index (Phi) is 4.46. The lowest BCUT2D eigenvalue weighted by atomic mass is 10.1. The van der Waals surface area contributed by atoms with E-state index in [4.69, 9.17) is 5.26 Å². The van der Waals surface area contributed by atoms with Crippen molar-refractivity contribution in [2.45, 2.75) is 13.3 Å². The predicted molar refractivity (Wildman–Crippen MR) is 90.9 cm³/mol. The fraction of sp³-hybridized carbons (Fsp3) is 0.125. The molecule has 23 heavy (non-hydrogen) atoms. The molecule has 1 aromatic carbocycles. The molecule has 7 heteroatoms. The molecule has 0 aliphatic carbocycles. The van der Waals surface area contributed by atoms with Crippen molar-refractivity contribution >= 4 is 33.9 Å². The minimum Gasteiger partial charge on any atom is -0.298 e. The molecule has 114 valence electrons. The van der Waals surface area contributed by atoms with Gasteiger partial charge in [-0.2, -0.15) is 9.64 Å². The largest absolute Gasteiger partial charge is 0.298 e. The molecular formula is C16H12N4OS2. The second-order valence-corrected chi connectivity index (χ2v) is 6.63. The van der Waals surface area contributed by atoms with Gasteiger partial charge in [0.25, 0.3) is 5.91 Å². The van der Waals surface area contributed by atoms with Crippen molar-refractivity contribution in [1.82, 2.24) is 9.36 Å². The Morgan fingerprint density at radius 2 is 2.13 bits per heavy atom. The maximum atomic E-state index is 12.1. The minimum atomic E-state index is -0.185. The van der Waals surface area contributed by atoms with Crippen LogP contribution in [0.4, 0.5) is 5.13 Å². The zero-order chi connectivity index (χ0) is 16.2. The molecule has 0 unspecified atom stereocenters. The van der Waals surface area contributed by atoms with Crippen LogP contribution in [0.1, 0.15) is 32.1 Å². The van der Waals surface area contributed by atoms with E-state index in [2.05, 4.69) is 20.7 Å². The number of nitrogens with one attached hydrogen (secondary N) is 1. The van der Waals surface area contributed by atoms with E-state index in [1.54, 1.807) is 23.7 Å². The highest BCUT2D eigenvalue weighted by Gasteiger charge is 2.13. The number of thiazole rings is 1. The van der Waals surface area contributed by atoms with Crippen molar-refractivity contribution in [1.29, 1.82) is 5.26 Å². The summed E-state index contributed by atoms with van der Waals surface area (Å²) in [5.74, 6) is -0.185. The Morgan fingerprint density at radius 1 is 1.35 bits per heavy atom. The third-order valence-corrected chi connectivity index (χ3v) is 4.86. The summed E-state index contributed by atoms with van der Waals surface area (Å²) in [7, 11) is 0. The van der Waals surface area contributed by atoms with Gasteiger partial charge in [0, 0.05) is 22.9 Å². The summed E-state index contributed by atoms with van der Waals surface area (Å²) < 4.78 is 4.10. The maximum Gasteiger partial charge on any atom is 0.260 e. The lowest BCUT2D eigenvalue weighted by Crippen LogP contribution is -2.11.